The zero-order chi connectivity index (χ0) is 15.5. The molecule has 1 N–H and O–H groups in total. The van der Waals surface area contributed by atoms with Crippen LogP contribution in [0.15, 0.2) is 9.31 Å². The SMILES string of the molecule is Cc1oc(C)c(S(=O)(=O)N(CC#N)CC#N)c1C(=O)O. The number of furan rings is 1. The smallest absolute Gasteiger partial charge is 0.340 e. The lowest BCUT2D eigenvalue weighted by Crippen LogP contribution is -2.33. The summed E-state index contributed by atoms with van der Waals surface area (Å²) in [6.45, 7) is 1.52. The highest BCUT2D eigenvalue weighted by molar-refractivity contribution is 7.89. The second kappa shape index (κ2) is 5.74. The number of hydrogen-bond donors (Lipinski definition) is 1. The van der Waals surface area contributed by atoms with Crippen LogP contribution in [0.1, 0.15) is 21.9 Å². The lowest BCUT2D eigenvalue weighted by atomic mass is 10.2. The lowest BCUT2D eigenvalue weighted by molar-refractivity contribution is 0.0691. The molecule has 0 aliphatic carbocycles. The van der Waals surface area contributed by atoms with E-state index in [4.69, 9.17) is 20.0 Å². The topological polar surface area (TPSA) is 135 Å². The molecule has 0 amide bonds. The summed E-state index contributed by atoms with van der Waals surface area (Å²) < 4.78 is 30.4. The van der Waals surface area contributed by atoms with Gasteiger partial charge in [0, 0.05) is 0 Å². The van der Waals surface area contributed by atoms with Crippen LogP contribution in [0.25, 0.3) is 0 Å². The minimum absolute atomic E-state index is 0.0533. The number of nitrogens with zero attached hydrogens (tertiary/aromatic N) is 3. The van der Waals surface area contributed by atoms with Gasteiger partial charge in [-0.15, -0.1) is 0 Å². The van der Waals surface area contributed by atoms with Gasteiger partial charge in [0.2, 0.25) is 10.0 Å². The van der Waals surface area contributed by atoms with Gasteiger partial charge >= 0.3 is 5.97 Å². The number of carboxylic acids is 1. The molecule has 0 aliphatic rings. The Hall–Kier alpha value is -2.36. The van der Waals surface area contributed by atoms with Crippen molar-refractivity contribution >= 4 is 16.0 Å². The molecule has 1 heterocycles. The van der Waals surface area contributed by atoms with Crippen molar-refractivity contribution in [2.45, 2.75) is 18.7 Å². The van der Waals surface area contributed by atoms with Gasteiger partial charge in [0.25, 0.3) is 0 Å². The molecule has 0 aliphatic heterocycles. The highest BCUT2D eigenvalue weighted by Crippen LogP contribution is 2.29. The number of carbonyl (C=O) groups is 1. The summed E-state index contributed by atoms with van der Waals surface area (Å²) in [5.41, 5.74) is -0.483. The number of rotatable bonds is 5. The van der Waals surface area contributed by atoms with Gasteiger partial charge in [-0.05, 0) is 13.8 Å². The predicted octanol–water partition coefficient (Wildman–Crippen LogP) is 0.633. The van der Waals surface area contributed by atoms with Crippen LogP contribution in [0.4, 0.5) is 0 Å². The van der Waals surface area contributed by atoms with E-state index < -0.39 is 39.5 Å². The van der Waals surface area contributed by atoms with Gasteiger partial charge in [-0.25, -0.2) is 13.2 Å². The minimum Gasteiger partial charge on any atom is -0.478 e. The first-order valence-electron chi connectivity index (χ1n) is 5.34. The van der Waals surface area contributed by atoms with Crippen LogP contribution in [-0.4, -0.2) is 36.9 Å². The first kappa shape index (κ1) is 15.7. The molecule has 0 unspecified atom stereocenters. The van der Waals surface area contributed by atoms with Gasteiger partial charge in [-0.1, -0.05) is 0 Å². The van der Waals surface area contributed by atoms with Crippen molar-refractivity contribution in [1.82, 2.24) is 4.31 Å². The normalized spacial score (nSPS) is 11.1. The molecule has 1 aromatic heterocycles. The van der Waals surface area contributed by atoms with Crippen LogP contribution in [0.5, 0.6) is 0 Å². The zero-order valence-corrected chi connectivity index (χ0v) is 11.6. The van der Waals surface area contributed by atoms with Crippen LogP contribution in [0.2, 0.25) is 0 Å². The molecule has 0 saturated carbocycles. The monoisotopic (exact) mass is 297 g/mol. The summed E-state index contributed by atoms with van der Waals surface area (Å²) in [7, 11) is -4.30. The summed E-state index contributed by atoms with van der Waals surface area (Å²) in [6, 6.07) is 3.24. The molecule has 8 nitrogen and oxygen atoms in total. The quantitative estimate of drug-likeness (QED) is 0.787. The summed E-state index contributed by atoms with van der Waals surface area (Å²) in [5.74, 6) is -1.60. The fourth-order valence-electron chi connectivity index (χ4n) is 1.73. The van der Waals surface area contributed by atoms with Crippen molar-refractivity contribution in [3.05, 3.63) is 17.1 Å². The number of aryl methyl sites for hydroxylation is 2. The van der Waals surface area contributed by atoms with Gasteiger partial charge in [0.15, 0.2) is 0 Å². The minimum atomic E-state index is -4.30. The number of carboxylic acid groups (broad SMARTS) is 1. The number of sulfonamides is 1. The van der Waals surface area contributed by atoms with Crippen LogP contribution < -0.4 is 0 Å². The number of hydrogen-bond acceptors (Lipinski definition) is 6. The molecule has 20 heavy (non-hydrogen) atoms. The Morgan fingerprint density at radius 3 is 2.15 bits per heavy atom. The van der Waals surface area contributed by atoms with E-state index in [1.54, 1.807) is 12.1 Å². The van der Waals surface area contributed by atoms with Crippen LogP contribution in [0.3, 0.4) is 0 Å². The van der Waals surface area contributed by atoms with Gasteiger partial charge < -0.3 is 9.52 Å². The average molecular weight is 297 g/mol. The van der Waals surface area contributed by atoms with E-state index in [0.717, 1.165) is 0 Å². The van der Waals surface area contributed by atoms with E-state index in [2.05, 4.69) is 0 Å². The third-order valence-corrected chi connectivity index (χ3v) is 4.46. The molecule has 0 aromatic carbocycles. The van der Waals surface area contributed by atoms with Crippen LogP contribution in [0, 0.1) is 36.5 Å². The van der Waals surface area contributed by atoms with E-state index in [9.17, 15) is 13.2 Å². The standard InChI is InChI=1S/C11H11N3O5S/c1-7-9(11(15)16)10(8(2)19-7)20(17,18)14(5-3-12)6-4-13/h5-6H2,1-2H3,(H,15,16). The fourth-order valence-corrected chi connectivity index (χ4v) is 3.34. The Labute approximate surface area is 115 Å². The summed E-state index contributed by atoms with van der Waals surface area (Å²) >= 11 is 0. The van der Waals surface area contributed by atoms with Gasteiger partial charge in [-0.2, -0.15) is 14.8 Å². The van der Waals surface area contributed by atoms with Gasteiger partial charge in [0.05, 0.1) is 12.1 Å². The van der Waals surface area contributed by atoms with Crippen molar-refractivity contribution in [3.8, 4) is 12.1 Å². The van der Waals surface area contributed by atoms with Crippen LogP contribution >= 0.6 is 0 Å². The molecular weight excluding hydrogens is 286 g/mol. The number of nitriles is 2. The second-order valence-electron chi connectivity index (χ2n) is 3.81. The summed E-state index contributed by atoms with van der Waals surface area (Å²) in [5, 5.41) is 26.3. The molecule has 0 fully saturated rings. The maximum atomic E-state index is 12.4. The molecule has 106 valence electrons. The molecule has 0 spiro atoms. The van der Waals surface area contributed by atoms with Crippen molar-refractivity contribution in [1.29, 1.82) is 10.5 Å². The Morgan fingerprint density at radius 1 is 1.25 bits per heavy atom. The predicted molar refractivity (Wildman–Crippen MR) is 65.1 cm³/mol. The van der Waals surface area contributed by atoms with Gasteiger partial charge in [0.1, 0.15) is 35.1 Å². The van der Waals surface area contributed by atoms with E-state index in [0.29, 0.717) is 4.31 Å². The first-order chi connectivity index (χ1) is 9.27. The Balaban J connectivity index is 3.54. The van der Waals surface area contributed by atoms with Crippen molar-refractivity contribution in [2.75, 3.05) is 13.1 Å². The first-order valence-corrected chi connectivity index (χ1v) is 6.78. The molecule has 0 radical (unpaired) electrons. The third-order valence-electron chi connectivity index (χ3n) is 2.51. The molecule has 0 atom stereocenters. The molecule has 0 bridgehead atoms. The molecule has 9 heteroatoms. The zero-order valence-electron chi connectivity index (χ0n) is 10.7. The third kappa shape index (κ3) is 2.64. The average Bonchev–Trinajstić information content (AvgIpc) is 2.64. The Morgan fingerprint density at radius 2 is 1.75 bits per heavy atom. The molecule has 1 aromatic rings. The lowest BCUT2D eigenvalue weighted by Gasteiger charge is -2.15. The fraction of sp³-hybridized carbons (Fsp3) is 0.364. The van der Waals surface area contributed by atoms with E-state index >= 15 is 0 Å². The largest absolute Gasteiger partial charge is 0.478 e. The van der Waals surface area contributed by atoms with Gasteiger partial charge in [-0.3, -0.25) is 0 Å². The second-order valence-corrected chi connectivity index (χ2v) is 5.69. The Kier molecular flexibility index (Phi) is 4.50. The van der Waals surface area contributed by atoms with E-state index in [1.807, 2.05) is 0 Å². The molecular formula is C11H11N3O5S. The maximum Gasteiger partial charge on any atom is 0.340 e. The Bertz CT molecular complexity index is 704. The summed E-state index contributed by atoms with van der Waals surface area (Å²) in [4.78, 5) is 10.6. The molecule has 0 saturated heterocycles. The number of aromatic carboxylic acids is 1. The molecule has 1 rings (SSSR count). The maximum absolute atomic E-state index is 12.4. The van der Waals surface area contributed by atoms with E-state index in [1.165, 1.54) is 13.8 Å². The van der Waals surface area contributed by atoms with Crippen molar-refractivity contribution < 1.29 is 22.7 Å². The highest BCUT2D eigenvalue weighted by atomic mass is 32.2. The van der Waals surface area contributed by atoms with Crippen LogP contribution in [-0.2, 0) is 10.0 Å². The summed E-state index contributed by atoms with van der Waals surface area (Å²) in [6.07, 6.45) is 0. The van der Waals surface area contributed by atoms with Crippen molar-refractivity contribution in [3.63, 3.8) is 0 Å². The van der Waals surface area contributed by atoms with Crippen molar-refractivity contribution in [2.24, 2.45) is 0 Å². The highest BCUT2D eigenvalue weighted by Gasteiger charge is 2.35. The van der Waals surface area contributed by atoms with E-state index in [-0.39, 0.29) is 11.5 Å².